The average Bonchev–Trinajstić information content (AvgIpc) is 2.63. The highest BCUT2D eigenvalue weighted by Crippen LogP contribution is 2.44. The van der Waals surface area contributed by atoms with Gasteiger partial charge in [-0.2, -0.15) is 0 Å². The average molecular weight is 406 g/mol. The van der Waals surface area contributed by atoms with Gasteiger partial charge < -0.3 is 10.1 Å². The Balaban J connectivity index is 1.86. The molecule has 0 heterocycles. The lowest BCUT2D eigenvalue weighted by Gasteiger charge is -2.37. The molecule has 1 saturated carbocycles. The fourth-order valence-electron chi connectivity index (χ4n) is 3.79. The maximum atomic E-state index is 13.4. The van der Waals surface area contributed by atoms with Crippen molar-refractivity contribution in [1.29, 1.82) is 0 Å². The Morgan fingerprint density at radius 2 is 1.70 bits per heavy atom. The van der Waals surface area contributed by atoms with Crippen LogP contribution in [-0.4, -0.2) is 12.0 Å². The molecule has 2 aromatic carbocycles. The topological polar surface area (TPSA) is 38.3 Å². The predicted molar refractivity (Wildman–Crippen MR) is 112 cm³/mol. The molecule has 0 saturated heterocycles. The lowest BCUT2D eigenvalue weighted by atomic mass is 9.68. The van der Waals surface area contributed by atoms with Gasteiger partial charge in [0.2, 0.25) is 5.91 Å². The van der Waals surface area contributed by atoms with E-state index in [2.05, 4.69) is 5.32 Å². The first-order valence-electron chi connectivity index (χ1n) is 9.44. The molecule has 0 aromatic heterocycles. The zero-order valence-corrected chi connectivity index (χ0v) is 17.2. The first-order valence-corrected chi connectivity index (χ1v) is 10.2. The van der Waals surface area contributed by atoms with Gasteiger partial charge in [0, 0.05) is 15.7 Å². The van der Waals surface area contributed by atoms with Gasteiger partial charge in [0.15, 0.2) is 0 Å². The second kappa shape index (κ2) is 8.53. The molecule has 0 atom stereocenters. The van der Waals surface area contributed by atoms with E-state index in [1.54, 1.807) is 6.07 Å². The standard InChI is InChI=1S/C22H25Cl2NO2/c1-15(2)27-18-9-7-17(8-10-18)25-21(26)22(12-4-3-5-13-22)19-11-6-16(23)14-20(19)24/h6-11,14-15H,3-5,12-13H2,1-2H3,(H,25,26). The third-order valence-corrected chi connectivity index (χ3v) is 5.62. The SMILES string of the molecule is CC(C)Oc1ccc(NC(=O)C2(c3ccc(Cl)cc3Cl)CCCCC2)cc1. The van der Waals surface area contributed by atoms with E-state index in [1.807, 2.05) is 50.2 Å². The zero-order valence-electron chi connectivity index (χ0n) is 15.7. The Morgan fingerprint density at radius 1 is 1.04 bits per heavy atom. The van der Waals surface area contributed by atoms with Crippen LogP contribution in [0.3, 0.4) is 0 Å². The van der Waals surface area contributed by atoms with E-state index in [9.17, 15) is 4.79 Å². The molecule has 1 N–H and O–H groups in total. The van der Waals surface area contributed by atoms with Crippen LogP contribution in [-0.2, 0) is 10.2 Å². The Bertz CT molecular complexity index is 796. The molecule has 144 valence electrons. The minimum Gasteiger partial charge on any atom is -0.491 e. The Hall–Kier alpha value is -1.71. The van der Waals surface area contributed by atoms with Crippen LogP contribution in [0.2, 0.25) is 10.0 Å². The first-order chi connectivity index (χ1) is 12.9. The van der Waals surface area contributed by atoms with Crippen molar-refractivity contribution in [3.05, 3.63) is 58.1 Å². The van der Waals surface area contributed by atoms with Crippen molar-refractivity contribution in [2.75, 3.05) is 5.32 Å². The van der Waals surface area contributed by atoms with Crippen LogP contribution >= 0.6 is 23.2 Å². The van der Waals surface area contributed by atoms with E-state index in [-0.39, 0.29) is 12.0 Å². The highest BCUT2D eigenvalue weighted by Gasteiger charge is 2.42. The molecular formula is C22H25Cl2NO2. The summed E-state index contributed by atoms with van der Waals surface area (Å²) in [6.45, 7) is 3.97. The molecule has 3 nitrogen and oxygen atoms in total. The molecule has 3 rings (SSSR count). The summed E-state index contributed by atoms with van der Waals surface area (Å²) < 4.78 is 5.66. The normalized spacial score (nSPS) is 16.2. The van der Waals surface area contributed by atoms with Crippen molar-refractivity contribution in [2.24, 2.45) is 0 Å². The van der Waals surface area contributed by atoms with Gasteiger partial charge in [-0.05, 0) is 68.7 Å². The van der Waals surface area contributed by atoms with Gasteiger partial charge in [0.05, 0.1) is 11.5 Å². The molecule has 0 unspecified atom stereocenters. The lowest BCUT2D eigenvalue weighted by Crippen LogP contribution is -2.42. The largest absolute Gasteiger partial charge is 0.491 e. The van der Waals surface area contributed by atoms with Crippen molar-refractivity contribution in [3.63, 3.8) is 0 Å². The van der Waals surface area contributed by atoms with Crippen LogP contribution < -0.4 is 10.1 Å². The smallest absolute Gasteiger partial charge is 0.235 e. The van der Waals surface area contributed by atoms with Crippen LogP contribution in [0.15, 0.2) is 42.5 Å². The summed E-state index contributed by atoms with van der Waals surface area (Å²) in [7, 11) is 0. The van der Waals surface area contributed by atoms with Gasteiger partial charge in [-0.15, -0.1) is 0 Å². The van der Waals surface area contributed by atoms with Crippen LogP contribution in [0.1, 0.15) is 51.5 Å². The second-order valence-electron chi connectivity index (χ2n) is 7.41. The molecule has 1 aliphatic carbocycles. The Kier molecular flexibility index (Phi) is 6.33. The summed E-state index contributed by atoms with van der Waals surface area (Å²) in [5.74, 6) is 0.778. The maximum Gasteiger partial charge on any atom is 0.235 e. The summed E-state index contributed by atoms with van der Waals surface area (Å²) in [4.78, 5) is 13.4. The third-order valence-electron chi connectivity index (χ3n) is 5.07. The van der Waals surface area contributed by atoms with Gasteiger partial charge in [-0.1, -0.05) is 48.5 Å². The quantitative estimate of drug-likeness (QED) is 0.606. The number of anilines is 1. The monoisotopic (exact) mass is 405 g/mol. The van der Waals surface area contributed by atoms with Crippen LogP contribution in [0.25, 0.3) is 0 Å². The van der Waals surface area contributed by atoms with Crippen molar-refractivity contribution < 1.29 is 9.53 Å². The van der Waals surface area contributed by atoms with Crippen LogP contribution in [0.5, 0.6) is 5.75 Å². The van der Waals surface area contributed by atoms with Gasteiger partial charge in [0.1, 0.15) is 5.75 Å². The number of hydrogen-bond acceptors (Lipinski definition) is 2. The molecule has 2 aromatic rings. The van der Waals surface area contributed by atoms with Crippen molar-refractivity contribution >= 4 is 34.8 Å². The minimum atomic E-state index is -0.618. The third kappa shape index (κ3) is 4.59. The number of hydrogen-bond donors (Lipinski definition) is 1. The molecule has 1 amide bonds. The number of amides is 1. The molecular weight excluding hydrogens is 381 g/mol. The predicted octanol–water partition coefficient (Wildman–Crippen LogP) is 6.62. The zero-order chi connectivity index (χ0) is 19.4. The van der Waals surface area contributed by atoms with Gasteiger partial charge in [-0.25, -0.2) is 0 Å². The molecule has 0 aliphatic heterocycles. The summed E-state index contributed by atoms with van der Waals surface area (Å²) in [5.41, 5.74) is 1.00. The van der Waals surface area contributed by atoms with E-state index >= 15 is 0 Å². The summed E-state index contributed by atoms with van der Waals surface area (Å²) in [5, 5.41) is 4.22. The fraction of sp³-hybridized carbons (Fsp3) is 0.409. The number of carbonyl (C=O) groups is 1. The minimum absolute atomic E-state index is 0.0102. The molecule has 0 spiro atoms. The lowest BCUT2D eigenvalue weighted by molar-refractivity contribution is -0.122. The van der Waals surface area contributed by atoms with Gasteiger partial charge >= 0.3 is 0 Å². The number of ether oxygens (including phenoxy) is 1. The summed E-state index contributed by atoms with van der Waals surface area (Å²) in [6, 6.07) is 12.9. The molecule has 1 aliphatic rings. The highest BCUT2D eigenvalue weighted by atomic mass is 35.5. The maximum absolute atomic E-state index is 13.4. The number of rotatable bonds is 5. The van der Waals surface area contributed by atoms with Crippen molar-refractivity contribution in [3.8, 4) is 5.75 Å². The highest BCUT2D eigenvalue weighted by molar-refractivity contribution is 6.35. The Morgan fingerprint density at radius 3 is 2.30 bits per heavy atom. The second-order valence-corrected chi connectivity index (χ2v) is 8.26. The first kappa shape index (κ1) is 20.0. The van der Waals surface area contributed by atoms with Gasteiger partial charge in [-0.3, -0.25) is 4.79 Å². The number of halogens is 2. The van der Waals surface area contributed by atoms with E-state index < -0.39 is 5.41 Å². The van der Waals surface area contributed by atoms with E-state index in [0.29, 0.717) is 10.0 Å². The number of nitrogens with one attached hydrogen (secondary N) is 1. The van der Waals surface area contributed by atoms with Crippen LogP contribution in [0.4, 0.5) is 5.69 Å². The van der Waals surface area contributed by atoms with Gasteiger partial charge in [0.25, 0.3) is 0 Å². The summed E-state index contributed by atoms with van der Waals surface area (Å²) in [6.07, 6.45) is 4.84. The van der Waals surface area contributed by atoms with E-state index in [0.717, 1.165) is 49.1 Å². The van der Waals surface area contributed by atoms with Crippen molar-refractivity contribution in [2.45, 2.75) is 57.5 Å². The number of benzene rings is 2. The molecule has 27 heavy (non-hydrogen) atoms. The van der Waals surface area contributed by atoms with Crippen LogP contribution in [0, 0.1) is 0 Å². The van der Waals surface area contributed by atoms with E-state index in [4.69, 9.17) is 27.9 Å². The van der Waals surface area contributed by atoms with Crippen molar-refractivity contribution in [1.82, 2.24) is 0 Å². The molecule has 5 heteroatoms. The summed E-state index contributed by atoms with van der Waals surface area (Å²) >= 11 is 12.6. The Labute approximate surface area is 171 Å². The number of carbonyl (C=O) groups excluding carboxylic acids is 1. The fourth-order valence-corrected chi connectivity index (χ4v) is 4.38. The molecule has 1 fully saturated rings. The van der Waals surface area contributed by atoms with E-state index in [1.165, 1.54) is 0 Å². The molecule has 0 bridgehead atoms. The molecule has 0 radical (unpaired) electrons.